The molecule has 1 aromatic heterocycles. The Morgan fingerprint density at radius 2 is 2.19 bits per heavy atom. The molecule has 0 unspecified atom stereocenters. The first-order valence-electron chi connectivity index (χ1n) is 6.41. The van der Waals surface area contributed by atoms with Gasteiger partial charge in [0.15, 0.2) is 0 Å². The number of nitrogen functional groups attached to an aromatic ring is 1. The van der Waals surface area contributed by atoms with E-state index in [0.29, 0.717) is 30.1 Å². The molecule has 0 bridgehead atoms. The van der Waals surface area contributed by atoms with Crippen molar-refractivity contribution in [2.45, 2.75) is 24.8 Å². The molecule has 0 aliphatic rings. The summed E-state index contributed by atoms with van der Waals surface area (Å²) in [5.41, 5.74) is 6.49. The lowest BCUT2D eigenvalue weighted by Crippen LogP contribution is -2.26. The molecule has 2 rings (SSSR count). The van der Waals surface area contributed by atoms with Gasteiger partial charge in [-0.05, 0) is 31.0 Å². The highest BCUT2D eigenvalue weighted by Crippen LogP contribution is 2.25. The molecule has 3 N–H and O–H groups in total. The number of aryl methyl sites for hydroxylation is 2. The first kappa shape index (κ1) is 15.8. The predicted molar refractivity (Wildman–Crippen MR) is 82.6 cm³/mol. The van der Waals surface area contributed by atoms with Crippen LogP contribution in [0.25, 0.3) is 0 Å². The number of rotatable bonds is 6. The lowest BCUT2D eigenvalue weighted by atomic mass is 10.2. The number of halogens is 1. The maximum Gasteiger partial charge on any atom is 0.240 e. The van der Waals surface area contributed by atoms with Gasteiger partial charge in [-0.2, -0.15) is 0 Å². The Bertz CT molecular complexity index is 714. The molecule has 0 aliphatic carbocycles. The lowest BCUT2D eigenvalue weighted by Gasteiger charge is -2.11. The second-order valence-electron chi connectivity index (χ2n) is 4.69. The molecule has 2 aromatic rings. The van der Waals surface area contributed by atoms with E-state index >= 15 is 0 Å². The average molecular weight is 329 g/mol. The molecule has 21 heavy (non-hydrogen) atoms. The van der Waals surface area contributed by atoms with E-state index in [0.717, 1.165) is 0 Å². The van der Waals surface area contributed by atoms with Gasteiger partial charge in [0.25, 0.3) is 0 Å². The van der Waals surface area contributed by atoms with Gasteiger partial charge < -0.3 is 10.3 Å². The minimum Gasteiger partial charge on any atom is -0.397 e. The number of sulfonamides is 1. The molecule has 1 heterocycles. The SMILES string of the molecule is Cc1cc(Cl)c(N)cc1S(=O)(=O)NCCCn1ccnc1. The van der Waals surface area contributed by atoms with Crippen LogP contribution in [0, 0.1) is 6.92 Å². The minimum atomic E-state index is -3.58. The third-order valence-electron chi connectivity index (χ3n) is 3.03. The Morgan fingerprint density at radius 3 is 2.86 bits per heavy atom. The number of aromatic nitrogens is 2. The first-order valence-corrected chi connectivity index (χ1v) is 8.27. The number of imidazole rings is 1. The van der Waals surface area contributed by atoms with Crippen molar-refractivity contribution in [1.29, 1.82) is 0 Å². The van der Waals surface area contributed by atoms with E-state index in [1.54, 1.807) is 25.5 Å². The van der Waals surface area contributed by atoms with Gasteiger partial charge in [0, 0.05) is 25.5 Å². The largest absolute Gasteiger partial charge is 0.397 e. The Kier molecular flexibility index (Phi) is 4.87. The molecular weight excluding hydrogens is 312 g/mol. The van der Waals surface area contributed by atoms with Crippen molar-refractivity contribution in [2.24, 2.45) is 0 Å². The van der Waals surface area contributed by atoms with Crippen molar-refractivity contribution in [3.63, 3.8) is 0 Å². The van der Waals surface area contributed by atoms with Crippen LogP contribution in [0.2, 0.25) is 5.02 Å². The van der Waals surface area contributed by atoms with Crippen LogP contribution in [-0.2, 0) is 16.6 Å². The third-order valence-corrected chi connectivity index (χ3v) is 4.96. The second kappa shape index (κ2) is 6.46. The fourth-order valence-corrected chi connectivity index (χ4v) is 3.47. The van der Waals surface area contributed by atoms with E-state index in [9.17, 15) is 8.42 Å². The summed E-state index contributed by atoms with van der Waals surface area (Å²) < 4.78 is 29.0. The number of hydrogen-bond acceptors (Lipinski definition) is 4. The monoisotopic (exact) mass is 328 g/mol. The van der Waals surface area contributed by atoms with Crippen molar-refractivity contribution in [3.05, 3.63) is 41.4 Å². The highest BCUT2D eigenvalue weighted by molar-refractivity contribution is 7.89. The van der Waals surface area contributed by atoms with Crippen molar-refractivity contribution in [3.8, 4) is 0 Å². The molecule has 0 saturated carbocycles. The third kappa shape index (κ3) is 3.96. The summed E-state index contributed by atoms with van der Waals surface area (Å²) in [6, 6.07) is 2.94. The van der Waals surface area contributed by atoms with E-state index in [2.05, 4.69) is 9.71 Å². The van der Waals surface area contributed by atoms with Crippen LogP contribution < -0.4 is 10.5 Å². The molecule has 0 radical (unpaired) electrons. The van der Waals surface area contributed by atoms with Crippen LogP contribution in [0.3, 0.4) is 0 Å². The fourth-order valence-electron chi connectivity index (χ4n) is 1.92. The van der Waals surface area contributed by atoms with E-state index in [4.69, 9.17) is 17.3 Å². The van der Waals surface area contributed by atoms with E-state index in [1.807, 2.05) is 10.8 Å². The zero-order valence-corrected chi connectivity index (χ0v) is 13.2. The molecule has 6 nitrogen and oxygen atoms in total. The normalized spacial score (nSPS) is 11.7. The van der Waals surface area contributed by atoms with Gasteiger partial charge in [-0.1, -0.05) is 11.6 Å². The van der Waals surface area contributed by atoms with Gasteiger partial charge in [0.2, 0.25) is 10.0 Å². The Morgan fingerprint density at radius 1 is 1.43 bits per heavy atom. The zero-order chi connectivity index (χ0) is 15.5. The van der Waals surface area contributed by atoms with Crippen molar-refractivity contribution >= 4 is 27.3 Å². The molecule has 114 valence electrons. The van der Waals surface area contributed by atoms with Gasteiger partial charge in [-0.15, -0.1) is 0 Å². The van der Waals surface area contributed by atoms with E-state index in [1.165, 1.54) is 6.07 Å². The van der Waals surface area contributed by atoms with Crippen molar-refractivity contribution in [1.82, 2.24) is 14.3 Å². The lowest BCUT2D eigenvalue weighted by molar-refractivity contribution is 0.569. The Labute approximate surface area is 129 Å². The van der Waals surface area contributed by atoms with Crippen LogP contribution in [0.15, 0.2) is 35.7 Å². The second-order valence-corrected chi connectivity index (χ2v) is 6.83. The summed E-state index contributed by atoms with van der Waals surface area (Å²) >= 11 is 5.87. The number of anilines is 1. The number of nitrogens with one attached hydrogen (secondary N) is 1. The zero-order valence-electron chi connectivity index (χ0n) is 11.6. The van der Waals surface area contributed by atoms with E-state index < -0.39 is 10.0 Å². The van der Waals surface area contributed by atoms with Crippen molar-refractivity contribution in [2.75, 3.05) is 12.3 Å². The number of nitrogens with two attached hydrogens (primary N) is 1. The molecule has 0 spiro atoms. The van der Waals surface area contributed by atoms with Crippen LogP contribution in [0.1, 0.15) is 12.0 Å². The van der Waals surface area contributed by atoms with Crippen LogP contribution in [0.5, 0.6) is 0 Å². The molecule has 0 aliphatic heterocycles. The predicted octanol–water partition coefficient (Wildman–Crippen LogP) is 1.80. The Balaban J connectivity index is 2.00. The molecule has 1 aromatic carbocycles. The summed E-state index contributed by atoms with van der Waals surface area (Å²) in [5, 5.41) is 0.353. The average Bonchev–Trinajstić information content (AvgIpc) is 2.92. The maximum absolute atomic E-state index is 12.2. The standard InChI is InChI=1S/C13H17ClN4O2S/c1-10-7-11(14)12(15)8-13(10)21(19,20)17-3-2-5-18-6-4-16-9-18/h4,6-9,17H,2-3,5,15H2,1H3. The topological polar surface area (TPSA) is 90.0 Å². The maximum atomic E-state index is 12.2. The van der Waals surface area contributed by atoms with Gasteiger partial charge in [-0.3, -0.25) is 0 Å². The summed E-state index contributed by atoms with van der Waals surface area (Å²) in [4.78, 5) is 4.08. The molecule has 0 atom stereocenters. The fraction of sp³-hybridized carbons (Fsp3) is 0.308. The van der Waals surface area contributed by atoms with Crippen LogP contribution in [0.4, 0.5) is 5.69 Å². The molecule has 0 fully saturated rings. The molecular formula is C13H17ClN4O2S. The Hall–Kier alpha value is -1.57. The molecule has 8 heteroatoms. The smallest absolute Gasteiger partial charge is 0.240 e. The van der Waals surface area contributed by atoms with Gasteiger partial charge in [0.1, 0.15) is 0 Å². The number of benzene rings is 1. The highest BCUT2D eigenvalue weighted by Gasteiger charge is 2.17. The van der Waals surface area contributed by atoms with Crippen molar-refractivity contribution < 1.29 is 8.42 Å². The van der Waals surface area contributed by atoms with Crippen LogP contribution >= 0.6 is 11.6 Å². The summed E-state index contributed by atoms with van der Waals surface area (Å²) in [6.07, 6.45) is 5.87. The van der Waals surface area contributed by atoms with Gasteiger partial charge >= 0.3 is 0 Å². The first-order chi connectivity index (χ1) is 9.90. The van der Waals surface area contributed by atoms with E-state index in [-0.39, 0.29) is 10.6 Å². The quantitative estimate of drug-likeness (QED) is 0.625. The summed E-state index contributed by atoms with van der Waals surface area (Å²) in [5.74, 6) is 0. The number of hydrogen-bond donors (Lipinski definition) is 2. The summed E-state index contributed by atoms with van der Waals surface area (Å²) in [6.45, 7) is 2.72. The summed E-state index contributed by atoms with van der Waals surface area (Å²) in [7, 11) is -3.58. The highest BCUT2D eigenvalue weighted by atomic mass is 35.5. The number of nitrogens with zero attached hydrogens (tertiary/aromatic N) is 2. The van der Waals surface area contributed by atoms with Gasteiger partial charge in [-0.25, -0.2) is 18.1 Å². The molecule has 0 saturated heterocycles. The molecule has 0 amide bonds. The minimum absolute atomic E-state index is 0.159. The van der Waals surface area contributed by atoms with Gasteiger partial charge in [0.05, 0.1) is 21.9 Å². The van der Waals surface area contributed by atoms with Crippen LogP contribution in [-0.4, -0.2) is 24.5 Å².